The van der Waals surface area contributed by atoms with Gasteiger partial charge in [-0.05, 0) is 44.9 Å². The lowest BCUT2D eigenvalue weighted by molar-refractivity contribution is -0.133. The van der Waals surface area contributed by atoms with Gasteiger partial charge < -0.3 is 20.3 Å². The summed E-state index contributed by atoms with van der Waals surface area (Å²) in [7, 11) is 0. The van der Waals surface area contributed by atoms with Crippen LogP contribution in [0.5, 0.6) is 5.75 Å². The smallest absolute Gasteiger partial charge is 0.225 e. The van der Waals surface area contributed by atoms with Gasteiger partial charge >= 0.3 is 0 Å². The average Bonchev–Trinajstić information content (AvgIpc) is 3.07. The number of guanidine groups is 1. The van der Waals surface area contributed by atoms with E-state index in [0.29, 0.717) is 6.54 Å². The molecule has 1 aliphatic rings. The molecule has 0 aliphatic carbocycles. The van der Waals surface area contributed by atoms with Gasteiger partial charge in [0.25, 0.3) is 0 Å². The van der Waals surface area contributed by atoms with E-state index in [0.717, 1.165) is 43.3 Å². The lowest BCUT2D eigenvalue weighted by atomic mass is 10.2. The van der Waals surface area contributed by atoms with E-state index < -0.39 is 0 Å². The van der Waals surface area contributed by atoms with Gasteiger partial charge in [-0.3, -0.25) is 4.79 Å². The van der Waals surface area contributed by atoms with E-state index in [4.69, 9.17) is 9.73 Å². The highest BCUT2D eigenvalue weighted by atomic mass is 127. The van der Waals surface area contributed by atoms with Crippen LogP contribution >= 0.6 is 24.0 Å². The number of halogens is 1. The molecule has 2 rings (SSSR count). The van der Waals surface area contributed by atoms with E-state index in [9.17, 15) is 4.79 Å². The zero-order valence-electron chi connectivity index (χ0n) is 17.7. The first-order chi connectivity index (χ1) is 12.9. The number of hydrogen-bond acceptors (Lipinski definition) is 3. The maximum Gasteiger partial charge on any atom is 0.225 e. The van der Waals surface area contributed by atoms with Crippen molar-refractivity contribution in [2.45, 2.75) is 59.7 Å². The zero-order chi connectivity index (χ0) is 19.8. The molecule has 1 unspecified atom stereocenters. The van der Waals surface area contributed by atoms with Crippen LogP contribution in [0, 0.1) is 5.92 Å². The molecule has 1 heterocycles. The molecule has 2 N–H and O–H groups in total. The number of aliphatic imine (C=N–C) groups is 1. The molecule has 7 heteroatoms. The van der Waals surface area contributed by atoms with E-state index >= 15 is 0 Å². The minimum Gasteiger partial charge on any atom is -0.491 e. The highest BCUT2D eigenvalue weighted by Crippen LogP contribution is 2.16. The molecule has 1 aliphatic heterocycles. The van der Waals surface area contributed by atoms with Crippen molar-refractivity contribution < 1.29 is 9.53 Å². The summed E-state index contributed by atoms with van der Waals surface area (Å²) in [4.78, 5) is 18.8. The highest BCUT2D eigenvalue weighted by molar-refractivity contribution is 14.0. The number of amides is 1. The van der Waals surface area contributed by atoms with Gasteiger partial charge in [-0.15, -0.1) is 24.0 Å². The van der Waals surface area contributed by atoms with Gasteiger partial charge in [-0.1, -0.05) is 26.0 Å². The predicted octanol–water partition coefficient (Wildman–Crippen LogP) is 3.40. The Bertz CT molecular complexity index is 649. The fraction of sp³-hybridized carbons (Fsp3) is 0.619. The van der Waals surface area contributed by atoms with Gasteiger partial charge in [0, 0.05) is 31.6 Å². The number of nitrogens with zero attached hydrogens (tertiary/aromatic N) is 2. The summed E-state index contributed by atoms with van der Waals surface area (Å²) >= 11 is 0. The molecule has 1 saturated heterocycles. The Morgan fingerprint density at radius 2 is 2.07 bits per heavy atom. The summed E-state index contributed by atoms with van der Waals surface area (Å²) in [6, 6.07) is 8.29. The van der Waals surface area contributed by atoms with Crippen molar-refractivity contribution in [3.05, 3.63) is 29.8 Å². The summed E-state index contributed by atoms with van der Waals surface area (Å²) in [5.41, 5.74) is 1.10. The molecule has 0 aromatic heterocycles. The number of nitrogens with one attached hydrogen (secondary N) is 2. The maximum absolute atomic E-state index is 12.2. The van der Waals surface area contributed by atoms with Crippen molar-refractivity contribution >= 4 is 35.8 Å². The average molecular weight is 502 g/mol. The van der Waals surface area contributed by atoms with Crippen molar-refractivity contribution in [3.8, 4) is 5.75 Å². The van der Waals surface area contributed by atoms with E-state index in [-0.39, 0.29) is 47.9 Å². The van der Waals surface area contributed by atoms with Crippen molar-refractivity contribution in [3.63, 3.8) is 0 Å². The molecule has 0 spiro atoms. The summed E-state index contributed by atoms with van der Waals surface area (Å²) in [5.74, 6) is 1.93. The number of carbonyl (C=O) groups is 1. The third kappa shape index (κ3) is 7.85. The molecule has 0 radical (unpaired) electrons. The quantitative estimate of drug-likeness (QED) is 0.341. The SMILES string of the molecule is CCNC(=NCc1cccc(OC(C)C)c1)NC1CCN(C(=O)C(C)C)C1.I. The number of benzene rings is 1. The second-order valence-electron chi connectivity index (χ2n) is 7.58. The monoisotopic (exact) mass is 502 g/mol. The fourth-order valence-corrected chi connectivity index (χ4v) is 3.12. The summed E-state index contributed by atoms with van der Waals surface area (Å²) in [6.45, 7) is 12.9. The Hall–Kier alpha value is -1.51. The minimum atomic E-state index is 0. The molecule has 1 atom stereocenters. The number of likely N-dealkylation sites (tertiary alicyclic amines) is 1. The van der Waals surface area contributed by atoms with Crippen LogP contribution in [0.4, 0.5) is 0 Å². The highest BCUT2D eigenvalue weighted by Gasteiger charge is 2.27. The van der Waals surface area contributed by atoms with Crippen LogP contribution in [0.3, 0.4) is 0 Å². The van der Waals surface area contributed by atoms with Gasteiger partial charge in [0.05, 0.1) is 12.6 Å². The van der Waals surface area contributed by atoms with Gasteiger partial charge in [0.2, 0.25) is 5.91 Å². The Morgan fingerprint density at radius 3 is 2.71 bits per heavy atom. The van der Waals surface area contributed by atoms with Crippen molar-refractivity contribution in [1.82, 2.24) is 15.5 Å². The third-order valence-electron chi connectivity index (χ3n) is 4.37. The van der Waals surface area contributed by atoms with Gasteiger partial charge in [0.15, 0.2) is 5.96 Å². The number of hydrogen-bond donors (Lipinski definition) is 2. The first kappa shape index (κ1) is 24.5. The topological polar surface area (TPSA) is 66.0 Å². The molecule has 6 nitrogen and oxygen atoms in total. The molecule has 1 fully saturated rings. The van der Waals surface area contributed by atoms with Crippen LogP contribution in [0.15, 0.2) is 29.3 Å². The number of carbonyl (C=O) groups excluding carboxylic acids is 1. The van der Waals surface area contributed by atoms with Crippen LogP contribution in [0.2, 0.25) is 0 Å². The van der Waals surface area contributed by atoms with Crippen molar-refractivity contribution in [2.75, 3.05) is 19.6 Å². The van der Waals surface area contributed by atoms with E-state index in [1.165, 1.54) is 0 Å². The lowest BCUT2D eigenvalue weighted by Gasteiger charge is -2.20. The molecule has 0 bridgehead atoms. The Kier molecular flexibility index (Phi) is 10.6. The van der Waals surface area contributed by atoms with Gasteiger partial charge in [-0.25, -0.2) is 4.99 Å². The van der Waals surface area contributed by atoms with Crippen LogP contribution in [0.25, 0.3) is 0 Å². The maximum atomic E-state index is 12.2. The molecule has 1 aromatic rings. The predicted molar refractivity (Wildman–Crippen MR) is 125 cm³/mol. The van der Waals surface area contributed by atoms with Gasteiger partial charge in [-0.2, -0.15) is 0 Å². The molecule has 158 valence electrons. The van der Waals surface area contributed by atoms with E-state index in [1.54, 1.807) is 0 Å². The largest absolute Gasteiger partial charge is 0.491 e. The first-order valence-electron chi connectivity index (χ1n) is 9.98. The molecular weight excluding hydrogens is 467 g/mol. The molecule has 1 amide bonds. The van der Waals surface area contributed by atoms with Gasteiger partial charge in [0.1, 0.15) is 5.75 Å². The Morgan fingerprint density at radius 1 is 1.32 bits per heavy atom. The lowest BCUT2D eigenvalue weighted by Crippen LogP contribution is -2.45. The summed E-state index contributed by atoms with van der Waals surface area (Å²) in [6.07, 6.45) is 1.10. The Balaban J connectivity index is 0.00000392. The van der Waals surface area contributed by atoms with E-state index in [1.807, 2.05) is 50.8 Å². The van der Waals surface area contributed by atoms with E-state index in [2.05, 4.69) is 23.6 Å². The second-order valence-corrected chi connectivity index (χ2v) is 7.58. The van der Waals surface area contributed by atoms with Crippen LogP contribution in [0.1, 0.15) is 46.6 Å². The van der Waals surface area contributed by atoms with Crippen LogP contribution in [-0.2, 0) is 11.3 Å². The normalized spacial score (nSPS) is 16.9. The molecule has 28 heavy (non-hydrogen) atoms. The summed E-state index contributed by atoms with van der Waals surface area (Å²) < 4.78 is 5.75. The summed E-state index contributed by atoms with van der Waals surface area (Å²) in [5, 5.41) is 6.77. The molecular formula is C21H35IN4O2. The zero-order valence-corrected chi connectivity index (χ0v) is 20.0. The Labute approximate surface area is 186 Å². The molecule has 1 aromatic carbocycles. The number of ether oxygens (including phenoxy) is 1. The van der Waals surface area contributed by atoms with Crippen molar-refractivity contribution in [2.24, 2.45) is 10.9 Å². The fourth-order valence-electron chi connectivity index (χ4n) is 3.12. The molecule has 0 saturated carbocycles. The second kappa shape index (κ2) is 12.1. The minimum absolute atomic E-state index is 0. The van der Waals surface area contributed by atoms with Crippen LogP contribution < -0.4 is 15.4 Å². The van der Waals surface area contributed by atoms with Crippen LogP contribution in [-0.4, -0.2) is 48.5 Å². The van der Waals surface area contributed by atoms with Crippen molar-refractivity contribution in [1.29, 1.82) is 0 Å². The third-order valence-corrected chi connectivity index (χ3v) is 4.37. The standard InChI is InChI=1S/C21H34N4O2.HI/c1-6-22-21(24-18-10-11-25(14-18)20(26)15(2)3)23-13-17-8-7-9-19(12-17)27-16(4)5;/h7-9,12,15-16,18H,6,10-11,13-14H2,1-5H3,(H2,22,23,24);1H. The number of rotatable bonds is 7. The first-order valence-corrected chi connectivity index (χ1v) is 9.98.